The van der Waals surface area contributed by atoms with Crippen molar-refractivity contribution >= 4 is 16.8 Å². The lowest BCUT2D eigenvalue weighted by Crippen LogP contribution is -2.08. The number of pyridine rings is 1. The molecule has 0 atom stereocenters. The second kappa shape index (κ2) is 7.00. The summed E-state index contributed by atoms with van der Waals surface area (Å²) in [5.41, 5.74) is 0.590. The van der Waals surface area contributed by atoms with Crippen LogP contribution in [0.25, 0.3) is 22.3 Å². The number of aromatic nitrogens is 1. The van der Waals surface area contributed by atoms with Crippen LogP contribution in [0.15, 0.2) is 76.1 Å². The standard InChI is InChI=1S/C22H15NO5/c1-27-22-14(20(25)15-9-5-6-10-23-15)11-18-19(21(22)26)16(24)12-17(28-18)13-7-3-2-4-8-13/h2-12,26H,1H3. The second-order valence-electron chi connectivity index (χ2n) is 6.06. The number of fused-ring (bicyclic) bond motifs is 1. The fraction of sp³-hybridized carbons (Fsp3) is 0.0455. The van der Waals surface area contributed by atoms with Crippen molar-refractivity contribution in [3.8, 4) is 22.8 Å². The molecule has 0 unspecified atom stereocenters. The normalized spacial score (nSPS) is 10.8. The molecule has 4 aromatic rings. The van der Waals surface area contributed by atoms with E-state index in [0.717, 1.165) is 0 Å². The average molecular weight is 373 g/mol. The van der Waals surface area contributed by atoms with Gasteiger partial charge in [-0.25, -0.2) is 0 Å². The average Bonchev–Trinajstić information content (AvgIpc) is 2.74. The predicted molar refractivity (Wildman–Crippen MR) is 104 cm³/mol. The molecule has 138 valence electrons. The highest BCUT2D eigenvalue weighted by atomic mass is 16.5. The summed E-state index contributed by atoms with van der Waals surface area (Å²) >= 11 is 0. The van der Waals surface area contributed by atoms with Crippen molar-refractivity contribution in [2.24, 2.45) is 0 Å². The van der Waals surface area contributed by atoms with E-state index in [1.165, 1.54) is 25.4 Å². The Bertz CT molecular complexity index is 1230. The van der Waals surface area contributed by atoms with Crippen molar-refractivity contribution in [1.82, 2.24) is 4.98 Å². The van der Waals surface area contributed by atoms with Crippen LogP contribution in [0.3, 0.4) is 0 Å². The van der Waals surface area contributed by atoms with Crippen LogP contribution < -0.4 is 10.2 Å². The lowest BCUT2D eigenvalue weighted by Gasteiger charge is -2.12. The van der Waals surface area contributed by atoms with Crippen LogP contribution in [-0.2, 0) is 0 Å². The molecule has 0 spiro atoms. The Hall–Kier alpha value is -3.93. The highest BCUT2D eigenvalue weighted by Crippen LogP contribution is 2.38. The molecule has 0 saturated carbocycles. The van der Waals surface area contributed by atoms with Crippen molar-refractivity contribution < 1.29 is 19.1 Å². The van der Waals surface area contributed by atoms with Crippen molar-refractivity contribution in [3.63, 3.8) is 0 Å². The third-order valence-corrected chi connectivity index (χ3v) is 4.35. The first-order valence-electron chi connectivity index (χ1n) is 8.49. The van der Waals surface area contributed by atoms with Gasteiger partial charge in [0, 0.05) is 17.8 Å². The predicted octanol–water partition coefficient (Wildman–Crippen LogP) is 3.80. The zero-order valence-electron chi connectivity index (χ0n) is 14.9. The van der Waals surface area contributed by atoms with Crippen molar-refractivity contribution in [1.29, 1.82) is 0 Å². The number of nitrogens with zero attached hydrogens (tertiary/aromatic N) is 1. The zero-order valence-corrected chi connectivity index (χ0v) is 14.9. The third-order valence-electron chi connectivity index (χ3n) is 4.35. The van der Waals surface area contributed by atoms with Gasteiger partial charge >= 0.3 is 0 Å². The van der Waals surface area contributed by atoms with Crippen LogP contribution in [0, 0.1) is 0 Å². The fourth-order valence-electron chi connectivity index (χ4n) is 3.04. The van der Waals surface area contributed by atoms with E-state index >= 15 is 0 Å². The highest BCUT2D eigenvalue weighted by molar-refractivity contribution is 6.12. The number of rotatable bonds is 4. The number of carbonyl (C=O) groups is 1. The topological polar surface area (TPSA) is 89.6 Å². The number of phenolic OH excluding ortho intramolecular Hbond substituents is 1. The molecule has 2 aromatic carbocycles. The molecule has 28 heavy (non-hydrogen) atoms. The Labute approximate surface area is 159 Å². The number of ketones is 1. The quantitative estimate of drug-likeness (QED) is 0.547. The Morgan fingerprint density at radius 1 is 1.07 bits per heavy atom. The summed E-state index contributed by atoms with van der Waals surface area (Å²) in [5.74, 6) is -0.656. The minimum absolute atomic E-state index is 0.0471. The van der Waals surface area contributed by atoms with E-state index in [9.17, 15) is 14.7 Å². The number of methoxy groups -OCH3 is 1. The Morgan fingerprint density at radius 3 is 2.50 bits per heavy atom. The van der Waals surface area contributed by atoms with Gasteiger partial charge < -0.3 is 14.3 Å². The van der Waals surface area contributed by atoms with E-state index in [4.69, 9.17) is 9.15 Å². The summed E-state index contributed by atoms with van der Waals surface area (Å²) in [6.07, 6.45) is 1.49. The largest absolute Gasteiger partial charge is 0.504 e. The first-order chi connectivity index (χ1) is 13.6. The van der Waals surface area contributed by atoms with Crippen LogP contribution in [0.2, 0.25) is 0 Å². The van der Waals surface area contributed by atoms with Gasteiger partial charge in [-0.3, -0.25) is 14.6 Å². The van der Waals surface area contributed by atoms with E-state index in [0.29, 0.717) is 11.3 Å². The van der Waals surface area contributed by atoms with E-state index in [1.54, 1.807) is 30.3 Å². The van der Waals surface area contributed by atoms with E-state index < -0.39 is 17.0 Å². The molecular formula is C22H15NO5. The number of hydrogen-bond donors (Lipinski definition) is 1. The van der Waals surface area contributed by atoms with Gasteiger partial charge in [0.1, 0.15) is 22.4 Å². The number of benzene rings is 2. The molecule has 6 heteroatoms. The van der Waals surface area contributed by atoms with Gasteiger partial charge in [0.2, 0.25) is 5.78 Å². The number of hydrogen-bond acceptors (Lipinski definition) is 6. The summed E-state index contributed by atoms with van der Waals surface area (Å²) in [5, 5.41) is 10.6. The molecule has 0 saturated heterocycles. The Morgan fingerprint density at radius 2 is 1.82 bits per heavy atom. The molecule has 6 nitrogen and oxygen atoms in total. The van der Waals surface area contributed by atoms with E-state index in [-0.39, 0.29) is 28.0 Å². The number of ether oxygens (including phenoxy) is 1. The molecule has 0 aliphatic heterocycles. The van der Waals surface area contributed by atoms with Gasteiger partial charge in [-0.15, -0.1) is 0 Å². The Balaban J connectivity index is 1.98. The molecule has 4 rings (SSSR count). The molecule has 0 aliphatic carbocycles. The number of aromatic hydroxyl groups is 1. The SMILES string of the molecule is COc1c(C(=O)c2ccccn2)cc2oc(-c3ccccc3)cc(=O)c2c1O. The lowest BCUT2D eigenvalue weighted by atomic mass is 10.0. The van der Waals surface area contributed by atoms with Crippen molar-refractivity contribution in [3.05, 3.63) is 88.3 Å². The van der Waals surface area contributed by atoms with Gasteiger partial charge in [-0.2, -0.15) is 0 Å². The van der Waals surface area contributed by atoms with Gasteiger partial charge in [0.15, 0.2) is 16.9 Å². The van der Waals surface area contributed by atoms with Gasteiger partial charge in [-0.05, 0) is 18.2 Å². The van der Waals surface area contributed by atoms with Crippen LogP contribution in [0.1, 0.15) is 16.1 Å². The van der Waals surface area contributed by atoms with Gasteiger partial charge in [0.05, 0.1) is 12.7 Å². The van der Waals surface area contributed by atoms with Crippen molar-refractivity contribution in [2.45, 2.75) is 0 Å². The summed E-state index contributed by atoms with van der Waals surface area (Å²) in [6.45, 7) is 0. The van der Waals surface area contributed by atoms with Crippen molar-refractivity contribution in [2.75, 3.05) is 7.11 Å². The third kappa shape index (κ3) is 2.91. The molecule has 2 heterocycles. The molecule has 1 N–H and O–H groups in total. The van der Waals surface area contributed by atoms with Crippen LogP contribution in [0.4, 0.5) is 0 Å². The maximum atomic E-state index is 12.9. The van der Waals surface area contributed by atoms with Crippen LogP contribution >= 0.6 is 0 Å². The Kier molecular flexibility index (Phi) is 4.37. The first kappa shape index (κ1) is 17.5. The monoisotopic (exact) mass is 373 g/mol. The second-order valence-corrected chi connectivity index (χ2v) is 6.06. The summed E-state index contributed by atoms with van der Waals surface area (Å²) < 4.78 is 11.1. The van der Waals surface area contributed by atoms with Crippen LogP contribution in [-0.4, -0.2) is 23.0 Å². The maximum Gasteiger partial charge on any atom is 0.215 e. The minimum atomic E-state index is -0.456. The number of phenols is 1. The summed E-state index contributed by atoms with van der Waals surface area (Å²) in [4.78, 5) is 29.6. The fourth-order valence-corrected chi connectivity index (χ4v) is 3.04. The highest BCUT2D eigenvalue weighted by Gasteiger charge is 2.24. The molecule has 0 bridgehead atoms. The molecule has 0 aliphatic rings. The molecule has 2 aromatic heterocycles. The molecule has 0 amide bonds. The summed E-state index contributed by atoms with van der Waals surface area (Å²) in [7, 11) is 1.32. The van der Waals surface area contributed by atoms with Gasteiger partial charge in [0.25, 0.3) is 0 Å². The van der Waals surface area contributed by atoms with Crippen LogP contribution in [0.5, 0.6) is 11.5 Å². The molecule has 0 fully saturated rings. The van der Waals surface area contributed by atoms with E-state index in [1.807, 2.05) is 18.2 Å². The lowest BCUT2D eigenvalue weighted by molar-refractivity contribution is 0.103. The minimum Gasteiger partial charge on any atom is -0.504 e. The summed E-state index contributed by atoms with van der Waals surface area (Å²) in [6, 6.07) is 16.7. The first-order valence-corrected chi connectivity index (χ1v) is 8.49. The molecular weight excluding hydrogens is 358 g/mol. The zero-order chi connectivity index (χ0) is 19.7. The van der Waals surface area contributed by atoms with Gasteiger partial charge in [-0.1, -0.05) is 36.4 Å². The smallest absolute Gasteiger partial charge is 0.215 e. The van der Waals surface area contributed by atoms with E-state index in [2.05, 4.69) is 4.98 Å². The number of carbonyl (C=O) groups excluding carboxylic acids is 1. The molecule has 0 radical (unpaired) electrons. The maximum absolute atomic E-state index is 12.9.